The molecule has 0 aliphatic rings. The molecule has 0 radical (unpaired) electrons. The molecule has 2 aromatic rings. The number of ether oxygens (including phenoxy) is 1. The third-order valence-corrected chi connectivity index (χ3v) is 3.93. The zero-order chi connectivity index (χ0) is 14.5. The lowest BCUT2D eigenvalue weighted by molar-refractivity contribution is -0.139. The molecule has 20 heavy (non-hydrogen) atoms. The summed E-state index contributed by atoms with van der Waals surface area (Å²) in [4.78, 5) is 12.7. The van der Waals surface area contributed by atoms with Gasteiger partial charge in [0.25, 0.3) is 0 Å². The van der Waals surface area contributed by atoms with E-state index in [-0.39, 0.29) is 6.61 Å². The Morgan fingerprint density at radius 2 is 1.85 bits per heavy atom. The van der Waals surface area contributed by atoms with Crippen LogP contribution in [0.1, 0.15) is 11.1 Å². The standard InChI is InChI=1S/C16H16O3S/c1-11-3-4-12(2)15(9-11)20-14-7-5-13(6-8-14)19-10-16(17)18/h3-9H,10H2,1-2H3,(H,17,18). The molecule has 2 rings (SSSR count). The summed E-state index contributed by atoms with van der Waals surface area (Å²) in [5.74, 6) is -0.406. The van der Waals surface area contributed by atoms with E-state index in [9.17, 15) is 4.79 Å². The molecule has 0 saturated carbocycles. The Hall–Kier alpha value is -1.94. The molecule has 0 aromatic heterocycles. The van der Waals surface area contributed by atoms with Gasteiger partial charge in [0.2, 0.25) is 0 Å². The molecule has 0 fully saturated rings. The first kappa shape index (κ1) is 14.5. The van der Waals surface area contributed by atoms with Gasteiger partial charge in [-0.2, -0.15) is 0 Å². The normalized spacial score (nSPS) is 10.3. The van der Waals surface area contributed by atoms with Gasteiger partial charge in [-0.1, -0.05) is 23.9 Å². The Morgan fingerprint density at radius 1 is 1.15 bits per heavy atom. The first-order valence-electron chi connectivity index (χ1n) is 6.24. The molecule has 0 heterocycles. The van der Waals surface area contributed by atoms with Crippen molar-refractivity contribution in [3.63, 3.8) is 0 Å². The third-order valence-electron chi connectivity index (χ3n) is 2.76. The van der Waals surface area contributed by atoms with Gasteiger partial charge in [-0.3, -0.25) is 0 Å². The van der Waals surface area contributed by atoms with Crippen molar-refractivity contribution in [2.45, 2.75) is 23.6 Å². The van der Waals surface area contributed by atoms with Crippen molar-refractivity contribution < 1.29 is 14.6 Å². The van der Waals surface area contributed by atoms with E-state index in [1.807, 2.05) is 12.1 Å². The predicted molar refractivity (Wildman–Crippen MR) is 79.6 cm³/mol. The van der Waals surface area contributed by atoms with Gasteiger partial charge in [0.05, 0.1) is 0 Å². The summed E-state index contributed by atoms with van der Waals surface area (Å²) in [6.07, 6.45) is 0. The van der Waals surface area contributed by atoms with E-state index in [1.165, 1.54) is 16.0 Å². The van der Waals surface area contributed by atoms with Crippen LogP contribution in [-0.4, -0.2) is 17.7 Å². The molecule has 0 amide bonds. The van der Waals surface area contributed by atoms with Crippen LogP contribution in [0, 0.1) is 13.8 Å². The second-order valence-corrected chi connectivity index (χ2v) is 5.64. The summed E-state index contributed by atoms with van der Waals surface area (Å²) < 4.78 is 5.11. The zero-order valence-electron chi connectivity index (χ0n) is 11.4. The predicted octanol–water partition coefficient (Wildman–Crippen LogP) is 3.92. The quantitative estimate of drug-likeness (QED) is 0.906. The van der Waals surface area contributed by atoms with Gasteiger partial charge < -0.3 is 9.84 Å². The molecule has 0 unspecified atom stereocenters. The van der Waals surface area contributed by atoms with E-state index in [0.717, 1.165) is 4.90 Å². The molecule has 0 bridgehead atoms. The van der Waals surface area contributed by atoms with Crippen molar-refractivity contribution in [2.75, 3.05) is 6.61 Å². The number of carbonyl (C=O) groups is 1. The van der Waals surface area contributed by atoms with E-state index in [1.54, 1.807) is 23.9 Å². The highest BCUT2D eigenvalue weighted by Crippen LogP contribution is 2.31. The van der Waals surface area contributed by atoms with E-state index in [0.29, 0.717) is 5.75 Å². The first-order chi connectivity index (χ1) is 9.54. The van der Waals surface area contributed by atoms with Crippen LogP contribution in [0.4, 0.5) is 0 Å². The molecular formula is C16H16O3S. The lowest BCUT2D eigenvalue weighted by Gasteiger charge is -2.08. The monoisotopic (exact) mass is 288 g/mol. The van der Waals surface area contributed by atoms with Crippen LogP contribution in [0.3, 0.4) is 0 Å². The summed E-state index contributed by atoms with van der Waals surface area (Å²) in [7, 11) is 0. The number of aliphatic carboxylic acids is 1. The smallest absolute Gasteiger partial charge is 0.341 e. The van der Waals surface area contributed by atoms with Crippen LogP contribution in [0.5, 0.6) is 5.75 Å². The second kappa shape index (κ2) is 6.48. The molecule has 2 aromatic carbocycles. The fraction of sp³-hybridized carbons (Fsp3) is 0.188. The molecule has 0 aliphatic carbocycles. The lowest BCUT2D eigenvalue weighted by Crippen LogP contribution is -2.09. The number of carboxylic acid groups (broad SMARTS) is 1. The minimum Gasteiger partial charge on any atom is -0.482 e. The summed E-state index contributed by atoms with van der Waals surface area (Å²) in [5, 5.41) is 8.55. The maximum absolute atomic E-state index is 10.4. The molecule has 0 aliphatic heterocycles. The van der Waals surface area contributed by atoms with E-state index in [4.69, 9.17) is 9.84 Å². The number of rotatable bonds is 5. The van der Waals surface area contributed by atoms with Gasteiger partial charge >= 0.3 is 5.97 Å². The number of aryl methyl sites for hydroxylation is 2. The van der Waals surface area contributed by atoms with Gasteiger partial charge in [-0.25, -0.2) is 4.79 Å². The van der Waals surface area contributed by atoms with Gasteiger partial charge in [-0.15, -0.1) is 0 Å². The van der Waals surface area contributed by atoms with Crippen molar-refractivity contribution in [3.05, 3.63) is 53.6 Å². The van der Waals surface area contributed by atoms with Crippen LogP contribution in [-0.2, 0) is 4.79 Å². The van der Waals surface area contributed by atoms with Crippen LogP contribution >= 0.6 is 11.8 Å². The highest BCUT2D eigenvalue weighted by Gasteiger charge is 2.03. The highest BCUT2D eigenvalue weighted by molar-refractivity contribution is 7.99. The molecule has 1 N–H and O–H groups in total. The van der Waals surface area contributed by atoms with E-state index >= 15 is 0 Å². The van der Waals surface area contributed by atoms with E-state index < -0.39 is 5.97 Å². The number of hydrogen-bond donors (Lipinski definition) is 1. The van der Waals surface area contributed by atoms with Gasteiger partial charge in [0.1, 0.15) is 5.75 Å². The first-order valence-corrected chi connectivity index (χ1v) is 7.06. The molecule has 3 nitrogen and oxygen atoms in total. The molecule has 0 atom stereocenters. The second-order valence-electron chi connectivity index (χ2n) is 4.52. The molecular weight excluding hydrogens is 272 g/mol. The van der Waals surface area contributed by atoms with E-state index in [2.05, 4.69) is 32.0 Å². The van der Waals surface area contributed by atoms with Crippen molar-refractivity contribution >= 4 is 17.7 Å². The Kier molecular flexibility index (Phi) is 4.69. The minimum absolute atomic E-state index is 0.316. The Bertz CT molecular complexity index is 606. The van der Waals surface area contributed by atoms with Crippen molar-refractivity contribution in [1.29, 1.82) is 0 Å². The van der Waals surface area contributed by atoms with Gasteiger partial charge in [0, 0.05) is 9.79 Å². The zero-order valence-corrected chi connectivity index (χ0v) is 12.2. The van der Waals surface area contributed by atoms with Gasteiger partial charge in [0.15, 0.2) is 6.61 Å². The Morgan fingerprint density at radius 3 is 2.50 bits per heavy atom. The lowest BCUT2D eigenvalue weighted by atomic mass is 10.2. The van der Waals surface area contributed by atoms with Crippen LogP contribution < -0.4 is 4.74 Å². The minimum atomic E-state index is -0.973. The van der Waals surface area contributed by atoms with Crippen LogP contribution in [0.15, 0.2) is 52.3 Å². The average Bonchev–Trinajstić information content (AvgIpc) is 2.42. The molecule has 104 valence electrons. The maximum atomic E-state index is 10.4. The van der Waals surface area contributed by atoms with Crippen molar-refractivity contribution in [1.82, 2.24) is 0 Å². The molecule has 4 heteroatoms. The van der Waals surface area contributed by atoms with Crippen LogP contribution in [0.2, 0.25) is 0 Å². The number of carboxylic acids is 1. The SMILES string of the molecule is Cc1ccc(C)c(Sc2ccc(OCC(=O)O)cc2)c1. The van der Waals surface area contributed by atoms with Crippen molar-refractivity contribution in [3.8, 4) is 5.75 Å². The number of benzene rings is 2. The molecule has 0 spiro atoms. The fourth-order valence-corrected chi connectivity index (χ4v) is 2.69. The number of hydrogen-bond acceptors (Lipinski definition) is 3. The largest absolute Gasteiger partial charge is 0.482 e. The summed E-state index contributed by atoms with van der Waals surface area (Å²) in [6.45, 7) is 3.85. The summed E-state index contributed by atoms with van der Waals surface area (Å²) >= 11 is 1.69. The average molecular weight is 288 g/mol. The van der Waals surface area contributed by atoms with Crippen molar-refractivity contribution in [2.24, 2.45) is 0 Å². The maximum Gasteiger partial charge on any atom is 0.341 e. The topological polar surface area (TPSA) is 46.5 Å². The molecule has 0 saturated heterocycles. The third kappa shape index (κ3) is 4.03. The Balaban J connectivity index is 2.06. The fourth-order valence-electron chi connectivity index (χ4n) is 1.69. The van der Waals surface area contributed by atoms with Gasteiger partial charge in [-0.05, 0) is 55.3 Å². The summed E-state index contributed by atoms with van der Waals surface area (Å²) in [5.41, 5.74) is 2.48. The Labute approximate surface area is 122 Å². The summed E-state index contributed by atoms with van der Waals surface area (Å²) in [6, 6.07) is 13.8. The highest BCUT2D eigenvalue weighted by atomic mass is 32.2. The van der Waals surface area contributed by atoms with Crippen LogP contribution in [0.25, 0.3) is 0 Å².